The van der Waals surface area contributed by atoms with Crippen LogP contribution in [0.4, 0.5) is 16.2 Å². The predicted molar refractivity (Wildman–Crippen MR) is 140 cm³/mol. The Hall–Kier alpha value is -4.13. The molecule has 0 aliphatic heterocycles. The minimum absolute atomic E-state index is 0.00975. The molecule has 186 valence electrons. The molecule has 1 aliphatic carbocycles. The van der Waals surface area contributed by atoms with Crippen LogP contribution in [0.15, 0.2) is 72.8 Å². The topological polar surface area (TPSA) is 108 Å². The molecule has 7 heteroatoms. The van der Waals surface area contributed by atoms with Gasteiger partial charge in [0.05, 0.1) is 12.0 Å². The Morgan fingerprint density at radius 3 is 2.25 bits per heavy atom. The van der Waals surface area contributed by atoms with Gasteiger partial charge in [-0.25, -0.2) is 9.59 Å². The lowest BCUT2D eigenvalue weighted by molar-refractivity contribution is -0.121. The Kier molecular flexibility index (Phi) is 8.00. The van der Waals surface area contributed by atoms with Crippen LogP contribution in [-0.2, 0) is 17.6 Å². The van der Waals surface area contributed by atoms with E-state index in [2.05, 4.69) is 16.0 Å². The van der Waals surface area contributed by atoms with Gasteiger partial charge in [-0.1, -0.05) is 42.5 Å². The highest BCUT2D eigenvalue weighted by atomic mass is 16.4. The molecule has 0 saturated heterocycles. The lowest BCUT2D eigenvalue weighted by Gasteiger charge is -2.14. The molecule has 1 fully saturated rings. The molecule has 1 aliphatic rings. The van der Waals surface area contributed by atoms with Crippen molar-refractivity contribution in [3.8, 4) is 0 Å². The summed E-state index contributed by atoms with van der Waals surface area (Å²) in [6.45, 7) is 1.93. The summed E-state index contributed by atoms with van der Waals surface area (Å²) < 4.78 is 0. The molecule has 4 rings (SSSR count). The number of para-hydroxylation sites is 1. The molecule has 0 spiro atoms. The number of aromatic carboxylic acids is 1. The summed E-state index contributed by atoms with van der Waals surface area (Å²) in [4.78, 5) is 35.9. The number of aryl methyl sites for hydroxylation is 1. The van der Waals surface area contributed by atoms with E-state index in [0.717, 1.165) is 48.1 Å². The molecule has 3 aromatic carbocycles. The van der Waals surface area contributed by atoms with Gasteiger partial charge in [-0.2, -0.15) is 0 Å². The van der Waals surface area contributed by atoms with Crippen LogP contribution in [-0.4, -0.2) is 29.1 Å². The van der Waals surface area contributed by atoms with E-state index >= 15 is 0 Å². The van der Waals surface area contributed by atoms with Crippen molar-refractivity contribution in [3.63, 3.8) is 0 Å². The molecule has 3 amide bonds. The third-order valence-corrected chi connectivity index (χ3v) is 6.60. The molecule has 4 N–H and O–H groups in total. The number of carbonyl (C=O) groups is 3. The molecule has 3 aromatic rings. The summed E-state index contributed by atoms with van der Waals surface area (Å²) in [5.74, 6) is -0.452. The first-order valence-electron chi connectivity index (χ1n) is 12.2. The van der Waals surface area contributed by atoms with Gasteiger partial charge in [-0.3, -0.25) is 4.79 Å². The van der Waals surface area contributed by atoms with Crippen LogP contribution in [0, 0.1) is 12.8 Å². The highest BCUT2D eigenvalue weighted by Gasteiger charge is 2.26. The SMILES string of the molecule is Cc1ccccc1NC(=O)Nc1ccc(CC(=O)NC2CCC(Cc3ccc(C(=O)O)cc3)C2)cc1. The van der Waals surface area contributed by atoms with Crippen molar-refractivity contribution in [2.45, 2.75) is 45.1 Å². The van der Waals surface area contributed by atoms with Crippen molar-refractivity contribution in [1.82, 2.24) is 5.32 Å². The van der Waals surface area contributed by atoms with Gasteiger partial charge in [-0.05, 0) is 85.5 Å². The van der Waals surface area contributed by atoms with Crippen LogP contribution in [0.1, 0.15) is 46.3 Å². The molecule has 0 bridgehead atoms. The zero-order valence-corrected chi connectivity index (χ0v) is 20.3. The number of urea groups is 1. The van der Waals surface area contributed by atoms with E-state index in [4.69, 9.17) is 5.11 Å². The zero-order valence-electron chi connectivity index (χ0n) is 20.3. The highest BCUT2D eigenvalue weighted by Crippen LogP contribution is 2.29. The maximum absolute atomic E-state index is 12.6. The lowest BCUT2D eigenvalue weighted by Crippen LogP contribution is -2.34. The van der Waals surface area contributed by atoms with Crippen LogP contribution < -0.4 is 16.0 Å². The number of nitrogens with one attached hydrogen (secondary N) is 3. The number of hydrogen-bond donors (Lipinski definition) is 4. The van der Waals surface area contributed by atoms with E-state index in [9.17, 15) is 14.4 Å². The Labute approximate surface area is 210 Å². The first kappa shape index (κ1) is 25.0. The van der Waals surface area contributed by atoms with Crippen molar-refractivity contribution in [3.05, 3.63) is 95.1 Å². The second kappa shape index (κ2) is 11.5. The van der Waals surface area contributed by atoms with Crippen molar-refractivity contribution >= 4 is 29.3 Å². The maximum atomic E-state index is 12.6. The second-order valence-electron chi connectivity index (χ2n) is 9.42. The number of carboxylic acids is 1. The van der Waals surface area contributed by atoms with E-state index in [1.165, 1.54) is 0 Å². The minimum Gasteiger partial charge on any atom is -0.478 e. The van der Waals surface area contributed by atoms with Gasteiger partial charge in [0.15, 0.2) is 0 Å². The summed E-state index contributed by atoms with van der Waals surface area (Å²) in [5, 5.41) is 17.8. The molecule has 0 radical (unpaired) electrons. The van der Waals surface area contributed by atoms with Crippen LogP contribution in [0.2, 0.25) is 0 Å². The summed E-state index contributed by atoms with van der Waals surface area (Å²) >= 11 is 0. The van der Waals surface area contributed by atoms with E-state index in [1.807, 2.05) is 55.5 Å². The number of amides is 3. The van der Waals surface area contributed by atoms with Crippen molar-refractivity contribution in [1.29, 1.82) is 0 Å². The molecule has 2 atom stereocenters. The number of rotatable bonds is 8. The van der Waals surface area contributed by atoms with Crippen molar-refractivity contribution in [2.75, 3.05) is 10.6 Å². The third kappa shape index (κ3) is 6.95. The number of hydrogen-bond acceptors (Lipinski definition) is 3. The average molecular weight is 486 g/mol. The maximum Gasteiger partial charge on any atom is 0.335 e. The smallest absolute Gasteiger partial charge is 0.335 e. The molecule has 7 nitrogen and oxygen atoms in total. The van der Waals surface area contributed by atoms with E-state index < -0.39 is 5.97 Å². The highest BCUT2D eigenvalue weighted by molar-refractivity contribution is 6.00. The fourth-order valence-corrected chi connectivity index (χ4v) is 4.68. The molecule has 1 saturated carbocycles. The standard InChI is InChI=1S/C29H31N3O4/c1-19-4-2-3-5-26(19)32-29(36)31-24-13-8-21(9-14-24)18-27(33)30-25-15-10-22(17-25)16-20-6-11-23(12-7-20)28(34)35/h2-9,11-14,22,25H,10,15-18H2,1H3,(H,30,33)(H,34,35)(H2,31,32,36). The summed E-state index contributed by atoms with van der Waals surface area (Å²) in [5.41, 5.74) is 4.69. The largest absolute Gasteiger partial charge is 0.478 e. The predicted octanol–water partition coefficient (Wildman–Crippen LogP) is 5.41. The first-order valence-corrected chi connectivity index (χ1v) is 12.2. The Morgan fingerprint density at radius 1 is 0.861 bits per heavy atom. The molecule has 0 aromatic heterocycles. The second-order valence-corrected chi connectivity index (χ2v) is 9.42. The van der Waals surface area contributed by atoms with Gasteiger partial charge < -0.3 is 21.1 Å². The molecular formula is C29H31N3O4. The third-order valence-electron chi connectivity index (χ3n) is 6.60. The van der Waals surface area contributed by atoms with Crippen LogP contribution in [0.25, 0.3) is 0 Å². The Balaban J connectivity index is 1.20. The van der Waals surface area contributed by atoms with Crippen LogP contribution in [0.5, 0.6) is 0 Å². The molecular weight excluding hydrogens is 454 g/mol. The molecule has 2 unspecified atom stereocenters. The fourth-order valence-electron chi connectivity index (χ4n) is 4.68. The van der Waals surface area contributed by atoms with Gasteiger partial charge >= 0.3 is 12.0 Å². The summed E-state index contributed by atoms with van der Waals surface area (Å²) in [6, 6.07) is 21.7. The number of carbonyl (C=O) groups excluding carboxylic acids is 2. The number of benzene rings is 3. The molecule has 36 heavy (non-hydrogen) atoms. The fraction of sp³-hybridized carbons (Fsp3) is 0.276. The van der Waals surface area contributed by atoms with Gasteiger partial charge in [-0.15, -0.1) is 0 Å². The lowest BCUT2D eigenvalue weighted by atomic mass is 9.97. The Morgan fingerprint density at radius 2 is 1.56 bits per heavy atom. The first-order chi connectivity index (χ1) is 17.4. The van der Waals surface area contributed by atoms with Crippen LogP contribution in [0.3, 0.4) is 0 Å². The monoisotopic (exact) mass is 485 g/mol. The number of anilines is 2. The number of carboxylic acid groups (broad SMARTS) is 1. The van der Waals surface area contributed by atoms with Gasteiger partial charge in [0.1, 0.15) is 0 Å². The van der Waals surface area contributed by atoms with E-state index in [0.29, 0.717) is 17.2 Å². The minimum atomic E-state index is -0.917. The van der Waals surface area contributed by atoms with Crippen molar-refractivity contribution < 1.29 is 19.5 Å². The average Bonchev–Trinajstić information content (AvgIpc) is 3.28. The normalized spacial score (nSPS) is 16.8. The van der Waals surface area contributed by atoms with Gasteiger partial charge in [0, 0.05) is 17.4 Å². The summed E-state index contributed by atoms with van der Waals surface area (Å²) in [6.07, 6.45) is 4.08. The quantitative estimate of drug-likeness (QED) is 0.342. The summed E-state index contributed by atoms with van der Waals surface area (Å²) in [7, 11) is 0. The zero-order chi connectivity index (χ0) is 25.5. The van der Waals surface area contributed by atoms with Gasteiger partial charge in [0.25, 0.3) is 0 Å². The Bertz CT molecular complexity index is 1220. The molecule has 0 heterocycles. The van der Waals surface area contributed by atoms with Gasteiger partial charge in [0.2, 0.25) is 5.91 Å². The van der Waals surface area contributed by atoms with Crippen molar-refractivity contribution in [2.24, 2.45) is 5.92 Å². The van der Waals surface area contributed by atoms with Crippen LogP contribution >= 0.6 is 0 Å². The van der Waals surface area contributed by atoms with E-state index in [1.54, 1.807) is 24.3 Å². The van der Waals surface area contributed by atoms with E-state index in [-0.39, 0.29) is 24.4 Å².